The number of carbonyl (C=O) groups is 3. The molecule has 2 amide bonds. The van der Waals surface area contributed by atoms with Gasteiger partial charge in [-0.05, 0) is 25.5 Å². The van der Waals surface area contributed by atoms with Crippen molar-refractivity contribution in [2.45, 2.75) is 32.7 Å². The molecule has 146 valence electrons. The van der Waals surface area contributed by atoms with Gasteiger partial charge < -0.3 is 20.1 Å². The Morgan fingerprint density at radius 3 is 2.63 bits per heavy atom. The highest BCUT2D eigenvalue weighted by molar-refractivity contribution is 6.31. The Morgan fingerprint density at radius 2 is 2.00 bits per heavy atom. The summed E-state index contributed by atoms with van der Waals surface area (Å²) in [6.45, 7) is 3.25. The summed E-state index contributed by atoms with van der Waals surface area (Å²) in [6, 6.07) is 3.01. The third-order valence-corrected chi connectivity index (χ3v) is 4.26. The van der Waals surface area contributed by atoms with E-state index in [0.717, 1.165) is 0 Å². The summed E-state index contributed by atoms with van der Waals surface area (Å²) >= 11 is 5.90. The number of ether oxygens (including phenoxy) is 2. The van der Waals surface area contributed by atoms with Gasteiger partial charge in [-0.1, -0.05) is 24.6 Å². The monoisotopic (exact) mass is 398 g/mol. The van der Waals surface area contributed by atoms with Crippen molar-refractivity contribution in [3.63, 3.8) is 0 Å². The average Bonchev–Trinajstić information content (AvgIpc) is 2.62. The summed E-state index contributed by atoms with van der Waals surface area (Å²) in [7, 11) is 0. The zero-order valence-electron chi connectivity index (χ0n) is 14.9. The first-order valence-electron chi connectivity index (χ1n) is 8.43. The van der Waals surface area contributed by atoms with Gasteiger partial charge in [0.05, 0.1) is 30.3 Å². The van der Waals surface area contributed by atoms with E-state index < -0.39 is 29.8 Å². The molecule has 2 rings (SSSR count). The lowest BCUT2D eigenvalue weighted by Crippen LogP contribution is -2.51. The Bertz CT molecular complexity index is 761. The largest absolute Gasteiger partial charge is 0.463 e. The zero-order valence-corrected chi connectivity index (χ0v) is 15.7. The lowest BCUT2D eigenvalue weighted by atomic mass is 10.0. The summed E-state index contributed by atoms with van der Waals surface area (Å²) in [5, 5.41) is 5.19. The van der Waals surface area contributed by atoms with Crippen LogP contribution in [-0.2, 0) is 25.5 Å². The van der Waals surface area contributed by atoms with Gasteiger partial charge in [0.2, 0.25) is 0 Å². The molecule has 1 aliphatic rings. The molecule has 1 aliphatic heterocycles. The van der Waals surface area contributed by atoms with Crippen molar-refractivity contribution in [3.05, 3.63) is 45.9 Å². The van der Waals surface area contributed by atoms with Gasteiger partial charge in [-0.3, -0.25) is 4.79 Å². The van der Waals surface area contributed by atoms with Crippen molar-refractivity contribution in [2.75, 3.05) is 13.2 Å². The molecule has 2 N–H and O–H groups in total. The Balaban J connectivity index is 2.15. The van der Waals surface area contributed by atoms with Crippen LogP contribution in [0.2, 0.25) is 5.02 Å². The molecule has 0 radical (unpaired) electrons. The molecule has 0 bridgehead atoms. The number of nitrogens with one attached hydrogen (secondary N) is 2. The number of hydrogen-bond acceptors (Lipinski definition) is 5. The first-order valence-corrected chi connectivity index (χ1v) is 8.81. The predicted molar refractivity (Wildman–Crippen MR) is 95.5 cm³/mol. The number of benzene rings is 1. The second-order valence-electron chi connectivity index (χ2n) is 5.71. The molecule has 0 fully saturated rings. The maximum atomic E-state index is 13.8. The van der Waals surface area contributed by atoms with E-state index in [9.17, 15) is 18.8 Å². The van der Waals surface area contributed by atoms with Crippen LogP contribution in [0.3, 0.4) is 0 Å². The maximum absolute atomic E-state index is 13.8. The molecular weight excluding hydrogens is 379 g/mol. The van der Waals surface area contributed by atoms with Crippen molar-refractivity contribution in [1.82, 2.24) is 10.6 Å². The van der Waals surface area contributed by atoms with Crippen LogP contribution in [-0.4, -0.2) is 37.2 Å². The van der Waals surface area contributed by atoms with E-state index in [4.69, 9.17) is 21.1 Å². The van der Waals surface area contributed by atoms with Crippen LogP contribution < -0.4 is 10.6 Å². The van der Waals surface area contributed by atoms with Gasteiger partial charge in [-0.25, -0.2) is 14.0 Å². The highest BCUT2D eigenvalue weighted by Crippen LogP contribution is 2.21. The van der Waals surface area contributed by atoms with Crippen molar-refractivity contribution < 1.29 is 28.2 Å². The summed E-state index contributed by atoms with van der Waals surface area (Å²) in [5.74, 6) is -1.98. The molecule has 1 heterocycles. The first kappa shape index (κ1) is 20.7. The maximum Gasteiger partial charge on any atom is 0.338 e. The molecule has 27 heavy (non-hydrogen) atoms. The third-order valence-electron chi connectivity index (χ3n) is 3.91. The molecule has 0 spiro atoms. The second-order valence-corrected chi connectivity index (χ2v) is 6.12. The predicted octanol–water partition coefficient (Wildman–Crippen LogP) is 2.47. The Kier molecular flexibility index (Phi) is 7.18. The minimum absolute atomic E-state index is 0.0181. The Labute approximate surface area is 160 Å². The van der Waals surface area contributed by atoms with Crippen LogP contribution in [0.5, 0.6) is 0 Å². The lowest BCUT2D eigenvalue weighted by molar-refractivity contribution is -0.143. The van der Waals surface area contributed by atoms with E-state index >= 15 is 0 Å². The highest BCUT2D eigenvalue weighted by atomic mass is 35.5. The van der Waals surface area contributed by atoms with Gasteiger partial charge >= 0.3 is 18.0 Å². The Hall–Kier alpha value is -2.61. The van der Waals surface area contributed by atoms with Gasteiger partial charge in [0.15, 0.2) is 0 Å². The molecule has 0 aliphatic carbocycles. The normalized spacial score (nSPS) is 16.4. The van der Waals surface area contributed by atoms with E-state index in [1.54, 1.807) is 13.8 Å². The molecule has 0 saturated heterocycles. The molecule has 0 unspecified atom stereocenters. The lowest BCUT2D eigenvalue weighted by Gasteiger charge is -2.28. The smallest absolute Gasteiger partial charge is 0.338 e. The number of urea groups is 1. The SMILES string of the molecule is CCOC(=O)C1=C(COC(=O)Cc2c(F)cccc2Cl)NC(=O)N[C@H]1CC. The quantitative estimate of drug-likeness (QED) is 0.688. The van der Waals surface area contributed by atoms with Crippen molar-refractivity contribution in [2.24, 2.45) is 0 Å². The first-order chi connectivity index (χ1) is 12.9. The van der Waals surface area contributed by atoms with E-state index in [1.807, 2.05) is 0 Å². The van der Waals surface area contributed by atoms with Crippen molar-refractivity contribution in [1.29, 1.82) is 0 Å². The minimum atomic E-state index is -0.751. The zero-order chi connectivity index (χ0) is 20.0. The topological polar surface area (TPSA) is 93.7 Å². The van der Waals surface area contributed by atoms with Crippen LogP contribution in [0.1, 0.15) is 25.8 Å². The van der Waals surface area contributed by atoms with Crippen LogP contribution >= 0.6 is 11.6 Å². The summed E-state index contributed by atoms with van der Waals surface area (Å²) < 4.78 is 23.9. The third kappa shape index (κ3) is 5.19. The highest BCUT2D eigenvalue weighted by Gasteiger charge is 2.32. The summed E-state index contributed by atoms with van der Waals surface area (Å²) in [5.41, 5.74) is 0.345. The minimum Gasteiger partial charge on any atom is -0.463 e. The fraction of sp³-hybridized carbons (Fsp3) is 0.389. The van der Waals surface area contributed by atoms with Crippen LogP contribution in [0, 0.1) is 5.82 Å². The van der Waals surface area contributed by atoms with Gasteiger partial charge in [0.1, 0.15) is 12.4 Å². The van der Waals surface area contributed by atoms with E-state index in [1.165, 1.54) is 18.2 Å². The van der Waals surface area contributed by atoms with Crippen LogP contribution in [0.4, 0.5) is 9.18 Å². The number of amides is 2. The van der Waals surface area contributed by atoms with Crippen molar-refractivity contribution >= 4 is 29.6 Å². The molecule has 7 nitrogen and oxygen atoms in total. The van der Waals surface area contributed by atoms with E-state index in [-0.39, 0.29) is 41.5 Å². The van der Waals surface area contributed by atoms with Gasteiger partial charge in [-0.2, -0.15) is 0 Å². The fourth-order valence-electron chi connectivity index (χ4n) is 2.62. The summed E-state index contributed by atoms with van der Waals surface area (Å²) in [4.78, 5) is 36.1. The molecular formula is C18H20ClFN2O5. The second kappa shape index (κ2) is 9.36. The fourth-order valence-corrected chi connectivity index (χ4v) is 2.85. The van der Waals surface area contributed by atoms with Gasteiger partial charge in [0.25, 0.3) is 0 Å². The number of halogens is 2. The number of rotatable bonds is 7. The molecule has 0 saturated carbocycles. The van der Waals surface area contributed by atoms with Gasteiger partial charge in [0, 0.05) is 10.6 Å². The van der Waals surface area contributed by atoms with Crippen molar-refractivity contribution in [3.8, 4) is 0 Å². The number of esters is 2. The molecule has 1 aromatic carbocycles. The van der Waals surface area contributed by atoms with E-state index in [2.05, 4.69) is 10.6 Å². The molecule has 1 aromatic rings. The molecule has 9 heteroatoms. The van der Waals surface area contributed by atoms with E-state index in [0.29, 0.717) is 6.42 Å². The molecule has 1 atom stereocenters. The van der Waals surface area contributed by atoms with Crippen LogP contribution in [0.25, 0.3) is 0 Å². The number of carbonyl (C=O) groups excluding carboxylic acids is 3. The Morgan fingerprint density at radius 1 is 1.26 bits per heavy atom. The summed E-state index contributed by atoms with van der Waals surface area (Å²) in [6.07, 6.45) is 0.0702. The standard InChI is InChI=1S/C18H20ClFN2O5/c1-3-13-16(17(24)26-4-2)14(22-18(25)21-13)9-27-15(23)8-10-11(19)6-5-7-12(10)20/h5-7,13H,3-4,8-9H2,1-2H3,(H2,21,22,25)/t13-/m0/s1. The number of hydrogen-bond donors (Lipinski definition) is 2. The average molecular weight is 399 g/mol. The van der Waals surface area contributed by atoms with Gasteiger partial charge in [-0.15, -0.1) is 0 Å². The molecule has 0 aromatic heterocycles. The van der Waals surface area contributed by atoms with Crippen LogP contribution in [0.15, 0.2) is 29.5 Å².